The highest BCUT2D eigenvalue weighted by molar-refractivity contribution is 5.36. The molecule has 6 atom stereocenters. The van der Waals surface area contributed by atoms with Crippen molar-refractivity contribution in [1.82, 2.24) is 0 Å². The van der Waals surface area contributed by atoms with Crippen LogP contribution in [-0.2, 0) is 0 Å². The third-order valence-electron chi connectivity index (χ3n) is 8.51. The van der Waals surface area contributed by atoms with E-state index in [0.29, 0.717) is 29.1 Å². The van der Waals surface area contributed by atoms with Gasteiger partial charge in [0.25, 0.3) is 0 Å². The van der Waals surface area contributed by atoms with Gasteiger partial charge in [0, 0.05) is 0 Å². The summed E-state index contributed by atoms with van der Waals surface area (Å²) in [6.07, 6.45) is 15.1. The molecule has 3 aliphatic carbocycles. The van der Waals surface area contributed by atoms with Crippen molar-refractivity contribution in [3.05, 3.63) is 35.5 Å². The summed E-state index contributed by atoms with van der Waals surface area (Å²) in [7, 11) is 0. The summed E-state index contributed by atoms with van der Waals surface area (Å²) in [5.41, 5.74) is 4.38. The molecule has 0 aliphatic heterocycles. The Bertz CT molecular complexity index is 643. The Balaban J connectivity index is 1.73. The van der Waals surface area contributed by atoms with E-state index in [9.17, 15) is 10.2 Å². The van der Waals surface area contributed by atoms with Crippen LogP contribution >= 0.6 is 0 Å². The van der Waals surface area contributed by atoms with E-state index in [4.69, 9.17) is 0 Å². The Morgan fingerprint density at radius 1 is 1.10 bits per heavy atom. The lowest BCUT2D eigenvalue weighted by Gasteiger charge is -2.45. The van der Waals surface area contributed by atoms with Crippen LogP contribution in [0.15, 0.2) is 35.5 Å². The van der Waals surface area contributed by atoms with Gasteiger partial charge in [0.2, 0.25) is 0 Å². The van der Waals surface area contributed by atoms with Gasteiger partial charge in [-0.25, -0.2) is 0 Å². The molecule has 3 saturated carbocycles. The zero-order chi connectivity index (χ0) is 21.2. The molecule has 0 aromatic carbocycles. The van der Waals surface area contributed by atoms with E-state index in [0.717, 1.165) is 32.1 Å². The molecular formula is C27H44O2. The molecule has 0 radical (unpaired) electrons. The van der Waals surface area contributed by atoms with Crippen molar-refractivity contribution < 1.29 is 10.2 Å². The maximum atomic E-state index is 10.9. The standard InChI is InChI=1S/C27H44O2/c1-18(2)8-15-26(29)20(4)24-13-14-25-21(7-6-16-27(24,25)5)10-11-22-17-23(28)12-9-19(22)3/h10-11,18,20,23-26,28-29H,3,6-9,12-17H2,1-2,4-5H3/b21-10+,22-11+/t20-,23-,24+,25-,26+,27+/m0/s1. The summed E-state index contributed by atoms with van der Waals surface area (Å²) < 4.78 is 0. The fraction of sp³-hybridized carbons (Fsp3) is 0.778. The number of aliphatic hydroxyl groups excluding tert-OH is 2. The summed E-state index contributed by atoms with van der Waals surface area (Å²) in [5.74, 6) is 2.32. The molecular weight excluding hydrogens is 356 g/mol. The molecule has 164 valence electrons. The van der Waals surface area contributed by atoms with Crippen molar-refractivity contribution in [3.63, 3.8) is 0 Å². The monoisotopic (exact) mass is 400 g/mol. The highest BCUT2D eigenvalue weighted by atomic mass is 16.3. The van der Waals surface area contributed by atoms with Crippen LogP contribution in [0.1, 0.15) is 91.9 Å². The summed E-state index contributed by atoms with van der Waals surface area (Å²) in [5, 5.41) is 20.9. The molecule has 3 fully saturated rings. The third-order valence-corrected chi connectivity index (χ3v) is 8.51. The summed E-state index contributed by atoms with van der Waals surface area (Å²) >= 11 is 0. The van der Waals surface area contributed by atoms with E-state index < -0.39 is 0 Å². The van der Waals surface area contributed by atoms with Crippen LogP contribution in [0.2, 0.25) is 0 Å². The second-order valence-corrected chi connectivity index (χ2v) is 10.9. The molecule has 0 aromatic rings. The normalized spacial score (nSPS) is 37.9. The Labute approximate surface area is 179 Å². The van der Waals surface area contributed by atoms with Gasteiger partial charge in [0.15, 0.2) is 0 Å². The molecule has 0 unspecified atom stereocenters. The zero-order valence-corrected chi connectivity index (χ0v) is 19.3. The topological polar surface area (TPSA) is 40.5 Å². The van der Waals surface area contributed by atoms with E-state index >= 15 is 0 Å². The van der Waals surface area contributed by atoms with E-state index in [1.807, 2.05) is 0 Å². The molecule has 0 spiro atoms. The number of aliphatic hydroxyl groups is 2. The van der Waals surface area contributed by atoms with Gasteiger partial charge in [-0.05, 0) is 98.9 Å². The molecule has 3 rings (SSSR count). The Hall–Kier alpha value is -0.860. The summed E-state index contributed by atoms with van der Waals surface area (Å²) in [6.45, 7) is 13.5. The molecule has 2 N–H and O–H groups in total. The van der Waals surface area contributed by atoms with Gasteiger partial charge in [0.05, 0.1) is 12.2 Å². The fourth-order valence-electron chi connectivity index (χ4n) is 6.57. The van der Waals surface area contributed by atoms with E-state index in [2.05, 4.69) is 46.4 Å². The summed E-state index contributed by atoms with van der Waals surface area (Å²) in [4.78, 5) is 0. The Morgan fingerprint density at radius 2 is 1.86 bits per heavy atom. The number of fused-ring (bicyclic) bond motifs is 1. The van der Waals surface area contributed by atoms with Crippen LogP contribution in [0, 0.1) is 29.1 Å². The van der Waals surface area contributed by atoms with Gasteiger partial charge in [-0.2, -0.15) is 0 Å². The van der Waals surface area contributed by atoms with E-state index in [1.165, 1.54) is 43.3 Å². The van der Waals surface area contributed by atoms with Gasteiger partial charge in [-0.15, -0.1) is 0 Å². The second-order valence-electron chi connectivity index (χ2n) is 10.9. The van der Waals surface area contributed by atoms with Crippen molar-refractivity contribution in [3.8, 4) is 0 Å². The minimum atomic E-state index is -0.203. The Morgan fingerprint density at radius 3 is 2.59 bits per heavy atom. The zero-order valence-electron chi connectivity index (χ0n) is 19.3. The highest BCUT2D eigenvalue weighted by Crippen LogP contribution is 2.60. The molecule has 2 heteroatoms. The van der Waals surface area contributed by atoms with Crippen LogP contribution < -0.4 is 0 Å². The van der Waals surface area contributed by atoms with Crippen molar-refractivity contribution in [2.45, 2.75) is 104 Å². The van der Waals surface area contributed by atoms with Gasteiger partial charge in [-0.1, -0.05) is 57.6 Å². The van der Waals surface area contributed by atoms with E-state index in [1.54, 1.807) is 5.57 Å². The van der Waals surface area contributed by atoms with Crippen molar-refractivity contribution in [2.75, 3.05) is 0 Å². The molecule has 29 heavy (non-hydrogen) atoms. The maximum absolute atomic E-state index is 10.9. The quantitative estimate of drug-likeness (QED) is 0.528. The number of rotatable bonds is 6. The van der Waals surface area contributed by atoms with Gasteiger partial charge >= 0.3 is 0 Å². The van der Waals surface area contributed by atoms with Crippen LogP contribution in [0.4, 0.5) is 0 Å². The van der Waals surface area contributed by atoms with Crippen molar-refractivity contribution >= 4 is 0 Å². The van der Waals surface area contributed by atoms with Gasteiger partial charge in [0.1, 0.15) is 0 Å². The molecule has 3 aliphatic rings. The largest absolute Gasteiger partial charge is 0.393 e. The molecule has 0 bridgehead atoms. The first-order chi connectivity index (χ1) is 13.7. The smallest absolute Gasteiger partial charge is 0.0583 e. The highest BCUT2D eigenvalue weighted by Gasteiger charge is 2.51. The van der Waals surface area contributed by atoms with E-state index in [-0.39, 0.29) is 12.2 Å². The minimum absolute atomic E-state index is 0.165. The van der Waals surface area contributed by atoms with Crippen molar-refractivity contribution in [1.29, 1.82) is 0 Å². The van der Waals surface area contributed by atoms with Gasteiger partial charge < -0.3 is 10.2 Å². The lowest BCUT2D eigenvalue weighted by Crippen LogP contribution is -2.39. The second kappa shape index (κ2) is 9.52. The fourth-order valence-corrected chi connectivity index (χ4v) is 6.57. The number of allylic oxidation sites excluding steroid dienone is 4. The number of hydrogen-bond donors (Lipinski definition) is 2. The van der Waals surface area contributed by atoms with Gasteiger partial charge in [-0.3, -0.25) is 0 Å². The Kier molecular flexibility index (Phi) is 7.49. The number of hydrogen-bond acceptors (Lipinski definition) is 2. The third kappa shape index (κ3) is 5.07. The van der Waals surface area contributed by atoms with Crippen molar-refractivity contribution in [2.24, 2.45) is 29.1 Å². The molecule has 0 aromatic heterocycles. The maximum Gasteiger partial charge on any atom is 0.0583 e. The predicted octanol–water partition coefficient (Wildman–Crippen LogP) is 6.59. The lowest BCUT2D eigenvalue weighted by molar-refractivity contribution is 0.0147. The molecule has 2 nitrogen and oxygen atoms in total. The first-order valence-electron chi connectivity index (χ1n) is 12.2. The SMILES string of the molecule is C=C1CC[C@H](O)C/C1=C\C=C1/CCC[C@]2(C)[C@@H]([C@H](C)[C@H](O)CCC(C)C)CC[C@@H]12. The summed E-state index contributed by atoms with van der Waals surface area (Å²) in [6, 6.07) is 0. The average Bonchev–Trinajstić information content (AvgIpc) is 3.03. The first kappa shape index (κ1) is 22.8. The van der Waals surface area contributed by atoms with Crippen LogP contribution in [-0.4, -0.2) is 22.4 Å². The average molecular weight is 401 g/mol. The minimum Gasteiger partial charge on any atom is -0.393 e. The van der Waals surface area contributed by atoms with Crippen LogP contribution in [0.5, 0.6) is 0 Å². The first-order valence-corrected chi connectivity index (χ1v) is 12.2. The predicted molar refractivity (Wildman–Crippen MR) is 123 cm³/mol. The lowest BCUT2D eigenvalue weighted by atomic mass is 9.60. The molecule has 0 heterocycles. The molecule has 0 amide bonds. The molecule has 0 saturated heterocycles. The van der Waals surface area contributed by atoms with Crippen LogP contribution in [0.3, 0.4) is 0 Å². The van der Waals surface area contributed by atoms with Crippen LogP contribution in [0.25, 0.3) is 0 Å².